The van der Waals surface area contributed by atoms with Crippen LogP contribution in [0.3, 0.4) is 0 Å². The Balaban J connectivity index is -0.000000241. The van der Waals surface area contributed by atoms with E-state index in [1.54, 1.807) is 27.7 Å². The first-order valence-electron chi connectivity index (χ1n) is 10.9. The molecule has 214 valence electrons. The van der Waals surface area contributed by atoms with E-state index in [0.29, 0.717) is 41.0 Å². The molecule has 12 nitrogen and oxygen atoms in total. The molecule has 4 heterocycles. The van der Waals surface area contributed by atoms with Gasteiger partial charge in [-0.1, -0.05) is 13.8 Å². The van der Waals surface area contributed by atoms with E-state index in [2.05, 4.69) is 44.7 Å². The number of pyridine rings is 2. The first kappa shape index (κ1) is 46.8. The van der Waals surface area contributed by atoms with E-state index >= 15 is 0 Å². The Hall–Kier alpha value is -0.156. The summed E-state index contributed by atoms with van der Waals surface area (Å²) < 4.78 is 0. The molecule has 4 N–H and O–H groups in total. The van der Waals surface area contributed by atoms with Gasteiger partial charge in [-0.3, -0.25) is 31.2 Å². The predicted molar refractivity (Wildman–Crippen MR) is 124 cm³/mol. The topological polar surface area (TPSA) is 179 Å². The Bertz CT molecular complexity index is 1090. The van der Waals surface area contributed by atoms with Gasteiger partial charge in [-0.2, -0.15) is 5.56 Å². The van der Waals surface area contributed by atoms with E-state index in [9.17, 15) is 19.2 Å². The summed E-state index contributed by atoms with van der Waals surface area (Å²) in [4.78, 5) is 56.8. The zero-order valence-corrected chi connectivity index (χ0v) is 34.0. The van der Waals surface area contributed by atoms with Gasteiger partial charge in [-0.05, 0) is 12.8 Å². The third-order valence-electron chi connectivity index (χ3n) is 4.88. The van der Waals surface area contributed by atoms with Gasteiger partial charge >= 0.3 is 0 Å². The van der Waals surface area contributed by atoms with E-state index in [1.807, 2.05) is 0 Å². The third-order valence-corrected chi connectivity index (χ3v) is 4.88. The number of rotatable bonds is 2. The smallest absolute Gasteiger partial charge is 0.220 e. The minimum Gasteiger partial charge on any atom is -0.397 e. The van der Waals surface area contributed by atoms with E-state index in [-0.39, 0.29) is 131 Å². The number of aryl methyl sites for hydroxylation is 4. The number of amides is 3. The number of aromatic nitrogens is 2. The predicted octanol–water partition coefficient (Wildman–Crippen LogP) is 1.89. The van der Waals surface area contributed by atoms with Crippen molar-refractivity contribution in [1.29, 1.82) is 0 Å². The maximum Gasteiger partial charge on any atom is 0.220 e. The second-order valence-electron chi connectivity index (χ2n) is 7.65. The summed E-state index contributed by atoms with van der Waals surface area (Å²) in [7, 11) is 0. The van der Waals surface area contributed by atoms with Crippen LogP contribution in [-0.4, -0.2) is 67.4 Å². The number of likely N-dealkylation sites (tertiary alicyclic amines) is 1. The van der Waals surface area contributed by atoms with Gasteiger partial charge in [0.2, 0.25) is 17.8 Å². The van der Waals surface area contributed by atoms with Crippen LogP contribution in [0.2, 0.25) is 0 Å². The average Bonchev–Trinajstić information content (AvgIpc) is 3.51. The van der Waals surface area contributed by atoms with Crippen LogP contribution in [0.15, 0.2) is 0 Å². The van der Waals surface area contributed by atoms with Gasteiger partial charge in [0.1, 0.15) is 0 Å². The van der Waals surface area contributed by atoms with Crippen molar-refractivity contribution in [2.75, 3.05) is 13.1 Å². The van der Waals surface area contributed by atoms with Crippen molar-refractivity contribution in [2.45, 2.75) is 53.4 Å². The molecular weight excluding hydrogens is 1020 g/mol. The first-order chi connectivity index (χ1) is 17.1. The molecular formula is C24H28N4O8W2Y2-4. The largest absolute Gasteiger partial charge is 0.397 e. The SMILES string of the molecule is Cc1[c-]c(C)c(C(=O)N2CCCC2=O)[c-]n1.Cc1[c-]c(C)c(C(=O)OO)[c-]n1.O=C1CCCN1.OO.[W].[W].[Y].[Y]. The fourth-order valence-corrected chi connectivity index (χ4v) is 3.19. The van der Waals surface area contributed by atoms with Crippen LogP contribution in [0.25, 0.3) is 0 Å². The van der Waals surface area contributed by atoms with Crippen molar-refractivity contribution in [1.82, 2.24) is 20.2 Å². The molecule has 0 aromatic carbocycles. The van der Waals surface area contributed by atoms with Crippen molar-refractivity contribution in [3.8, 4) is 0 Å². The number of nitrogens with one attached hydrogen (secondary N) is 1. The first-order valence-corrected chi connectivity index (χ1v) is 10.9. The summed E-state index contributed by atoms with van der Waals surface area (Å²) in [6.45, 7) is 8.35. The number of imide groups is 1. The Morgan fingerprint density at radius 1 is 0.875 bits per heavy atom. The van der Waals surface area contributed by atoms with Crippen LogP contribution in [0, 0.1) is 52.2 Å². The van der Waals surface area contributed by atoms with Crippen LogP contribution in [0.1, 0.15) is 68.9 Å². The zero-order chi connectivity index (χ0) is 27.3. The maximum absolute atomic E-state index is 12.0. The molecule has 0 aliphatic carbocycles. The number of hydrogen-bond donors (Lipinski definition) is 4. The van der Waals surface area contributed by atoms with Crippen LogP contribution in [-0.2, 0) is 122 Å². The summed E-state index contributed by atoms with van der Waals surface area (Å²) >= 11 is 0. The Labute approximate surface area is 312 Å². The fraction of sp³-hybridized carbons (Fsp3) is 0.417. The molecule has 16 heteroatoms. The van der Waals surface area contributed by atoms with E-state index < -0.39 is 5.97 Å². The molecule has 2 aromatic rings. The number of carbonyl (C=O) groups is 4. The van der Waals surface area contributed by atoms with Crippen LogP contribution in [0.4, 0.5) is 0 Å². The molecule has 2 fully saturated rings. The summed E-state index contributed by atoms with van der Waals surface area (Å²) in [6.07, 6.45) is 8.07. The van der Waals surface area contributed by atoms with Crippen LogP contribution < -0.4 is 5.32 Å². The molecule has 2 saturated heterocycles. The Morgan fingerprint density at radius 2 is 1.38 bits per heavy atom. The monoisotopic (exact) mass is 1050 g/mol. The summed E-state index contributed by atoms with van der Waals surface area (Å²) in [5.74, 6) is -1.08. The van der Waals surface area contributed by atoms with Crippen molar-refractivity contribution >= 4 is 23.7 Å². The van der Waals surface area contributed by atoms with Gasteiger partial charge in [-0.25, -0.2) is 10.8 Å². The maximum atomic E-state index is 12.0. The number of nitrogens with zero attached hydrogens (tertiary/aromatic N) is 3. The van der Waals surface area contributed by atoms with Gasteiger partial charge in [0.15, 0.2) is 0 Å². The second-order valence-corrected chi connectivity index (χ2v) is 7.65. The second kappa shape index (κ2) is 25.4. The Morgan fingerprint density at radius 3 is 1.70 bits per heavy atom. The summed E-state index contributed by atoms with van der Waals surface area (Å²) in [5, 5.41) is 22.8. The van der Waals surface area contributed by atoms with E-state index in [0.717, 1.165) is 25.8 Å². The molecule has 0 atom stereocenters. The molecule has 3 amide bonds. The minimum absolute atomic E-state index is 0. The standard InChI is InChI=1S/C12H12N2O2.C8H7NO3.C4H7NO.H2O2.2W.2Y/c1-8-6-9(2)13-7-10(8)12(16)14-5-3-4-11(14)15;1-5-3-6(2)9-4-7(5)8(10)12-11;6-4-2-1-3-5-4;1-2;;;;/h3-5H2,1-2H3;11H,1-2H3;1-3H2,(H,5,6);1-2H;;;;/q2*-2;;;;;;. The van der Waals surface area contributed by atoms with Crippen LogP contribution >= 0.6 is 0 Å². The summed E-state index contributed by atoms with van der Waals surface area (Å²) in [6, 6.07) is 5.76. The van der Waals surface area contributed by atoms with Crippen molar-refractivity contribution < 1.29 is 147 Å². The Kier molecular flexibility index (Phi) is 29.7. The third kappa shape index (κ3) is 15.9. The van der Waals surface area contributed by atoms with Crippen molar-refractivity contribution in [2.24, 2.45) is 0 Å². The van der Waals surface area contributed by atoms with Crippen molar-refractivity contribution in [3.63, 3.8) is 0 Å². The van der Waals surface area contributed by atoms with Gasteiger partial charge in [0.05, 0.1) is 5.91 Å². The molecule has 0 bridgehead atoms. The summed E-state index contributed by atoms with van der Waals surface area (Å²) in [5.41, 5.74) is 3.03. The molecule has 2 aromatic heterocycles. The van der Waals surface area contributed by atoms with Crippen LogP contribution in [0.5, 0.6) is 0 Å². The van der Waals surface area contributed by atoms with Gasteiger partial charge in [-0.15, -0.1) is 37.6 Å². The molecule has 0 unspecified atom stereocenters. The van der Waals surface area contributed by atoms with Gasteiger partial charge < -0.3 is 46.8 Å². The minimum atomic E-state index is -0.865. The van der Waals surface area contributed by atoms with Gasteiger partial charge in [0.25, 0.3) is 0 Å². The molecule has 2 aliphatic heterocycles. The molecule has 0 spiro atoms. The molecule has 0 saturated carbocycles. The fourth-order valence-electron chi connectivity index (χ4n) is 3.19. The normalized spacial score (nSPS) is 12.4. The van der Waals surface area contributed by atoms with E-state index in [4.69, 9.17) is 15.8 Å². The number of carbonyl (C=O) groups excluding carboxylic acids is 4. The van der Waals surface area contributed by atoms with Crippen molar-refractivity contribution in [3.05, 3.63) is 58.2 Å². The molecule has 4 rings (SSSR count). The number of hydrogen-bond acceptors (Lipinski definition) is 10. The average molecular weight is 1050 g/mol. The molecule has 2 aliphatic rings. The molecule has 40 heavy (non-hydrogen) atoms. The molecule has 2 radical (unpaired) electrons. The van der Waals surface area contributed by atoms with E-state index in [1.165, 1.54) is 4.90 Å². The zero-order valence-electron chi connectivity index (χ0n) is 22.4. The van der Waals surface area contributed by atoms with Gasteiger partial charge in [0, 0.05) is 133 Å². The quantitative estimate of drug-likeness (QED) is 0.150.